The molecule has 0 fully saturated rings. The Morgan fingerprint density at radius 2 is 2.40 bits per heavy atom. The lowest BCUT2D eigenvalue weighted by atomic mass is 10.2. The van der Waals surface area contributed by atoms with Crippen LogP contribution >= 0.6 is 0 Å². The predicted molar refractivity (Wildman–Crippen MR) is 34.3 cm³/mol. The van der Waals surface area contributed by atoms with Crippen LogP contribution in [0.5, 0.6) is 0 Å². The monoisotopic (exact) mass is 143 g/mol. The zero-order valence-corrected chi connectivity index (χ0v) is 5.37. The van der Waals surface area contributed by atoms with E-state index in [4.69, 9.17) is 10.2 Å². The van der Waals surface area contributed by atoms with Crippen molar-refractivity contribution in [3.8, 4) is 0 Å². The maximum absolute atomic E-state index is 10.5. The molecule has 1 amide bonds. The molecule has 1 rings (SSSR count). The molecule has 0 saturated carbocycles. The zero-order chi connectivity index (χ0) is 7.56. The third kappa shape index (κ3) is 1.27. The van der Waals surface area contributed by atoms with Gasteiger partial charge in [0.05, 0.1) is 6.04 Å². The van der Waals surface area contributed by atoms with Gasteiger partial charge in [0.2, 0.25) is 5.91 Å². The van der Waals surface area contributed by atoms with Gasteiger partial charge in [0.1, 0.15) is 5.76 Å². The molecule has 1 heterocycles. The van der Waals surface area contributed by atoms with Crippen molar-refractivity contribution in [2.24, 2.45) is 0 Å². The Hall–Kier alpha value is -1.03. The number of carbonyl (C=O) groups excluding carboxylic acids is 1. The first-order valence-electron chi connectivity index (χ1n) is 3.06. The van der Waals surface area contributed by atoms with Gasteiger partial charge in [0.25, 0.3) is 0 Å². The highest BCUT2D eigenvalue weighted by molar-refractivity contribution is 5.91. The summed E-state index contributed by atoms with van der Waals surface area (Å²) < 4.78 is 0. The Morgan fingerprint density at radius 3 is 2.80 bits per heavy atom. The molecular weight excluding hydrogens is 134 g/mol. The Kier molecular flexibility index (Phi) is 1.91. The van der Waals surface area contributed by atoms with E-state index in [2.05, 4.69) is 5.32 Å². The van der Waals surface area contributed by atoms with Gasteiger partial charge in [-0.2, -0.15) is 0 Å². The topological polar surface area (TPSA) is 69.6 Å². The van der Waals surface area contributed by atoms with Gasteiger partial charge in [0.15, 0.2) is 0 Å². The second-order valence-electron chi connectivity index (χ2n) is 2.14. The van der Waals surface area contributed by atoms with E-state index in [0.29, 0.717) is 6.42 Å². The highest BCUT2D eigenvalue weighted by atomic mass is 16.3. The molecule has 0 aromatic heterocycles. The Morgan fingerprint density at radius 1 is 1.70 bits per heavy atom. The van der Waals surface area contributed by atoms with Crippen molar-refractivity contribution in [2.45, 2.75) is 12.5 Å². The molecular formula is C6H9NO3. The highest BCUT2D eigenvalue weighted by Crippen LogP contribution is 2.08. The third-order valence-electron chi connectivity index (χ3n) is 1.37. The Bertz CT molecular complexity index is 176. The van der Waals surface area contributed by atoms with Crippen LogP contribution in [-0.2, 0) is 4.79 Å². The number of aliphatic hydroxyl groups excluding tert-OH is 2. The molecule has 0 bridgehead atoms. The van der Waals surface area contributed by atoms with E-state index in [1.165, 1.54) is 0 Å². The average molecular weight is 143 g/mol. The molecule has 0 aliphatic carbocycles. The van der Waals surface area contributed by atoms with Crippen molar-refractivity contribution in [1.82, 2.24) is 5.32 Å². The summed E-state index contributed by atoms with van der Waals surface area (Å²) in [5.41, 5.74) is 0. The van der Waals surface area contributed by atoms with Gasteiger partial charge in [-0.25, -0.2) is 0 Å². The SMILES string of the molecule is O=C1C=C(O)C(CCO)N1. The van der Waals surface area contributed by atoms with Crippen molar-refractivity contribution in [2.75, 3.05) is 6.61 Å². The second-order valence-corrected chi connectivity index (χ2v) is 2.14. The average Bonchev–Trinajstić information content (AvgIpc) is 2.13. The van der Waals surface area contributed by atoms with Gasteiger partial charge in [-0.05, 0) is 6.42 Å². The summed E-state index contributed by atoms with van der Waals surface area (Å²) in [7, 11) is 0. The molecule has 1 aliphatic rings. The van der Waals surface area contributed by atoms with Gasteiger partial charge in [-0.15, -0.1) is 0 Å². The number of carbonyl (C=O) groups is 1. The summed E-state index contributed by atoms with van der Waals surface area (Å²) >= 11 is 0. The van der Waals surface area contributed by atoms with Gasteiger partial charge in [0, 0.05) is 12.7 Å². The van der Waals surface area contributed by atoms with Crippen LogP contribution in [0.2, 0.25) is 0 Å². The van der Waals surface area contributed by atoms with Gasteiger partial charge >= 0.3 is 0 Å². The van der Waals surface area contributed by atoms with E-state index in [0.717, 1.165) is 6.08 Å². The standard InChI is InChI=1S/C6H9NO3/c8-2-1-4-5(9)3-6(10)7-4/h3-4,8-9H,1-2H2,(H,7,10). The first-order valence-corrected chi connectivity index (χ1v) is 3.06. The minimum Gasteiger partial charge on any atom is -0.510 e. The van der Waals surface area contributed by atoms with Crippen molar-refractivity contribution >= 4 is 5.91 Å². The smallest absolute Gasteiger partial charge is 0.248 e. The summed E-state index contributed by atoms with van der Waals surface area (Å²) in [5.74, 6) is -0.282. The lowest BCUT2D eigenvalue weighted by Gasteiger charge is -2.07. The lowest BCUT2D eigenvalue weighted by molar-refractivity contribution is -0.116. The molecule has 3 N–H and O–H groups in total. The highest BCUT2D eigenvalue weighted by Gasteiger charge is 2.21. The number of amides is 1. The van der Waals surface area contributed by atoms with E-state index in [-0.39, 0.29) is 24.3 Å². The summed E-state index contributed by atoms with van der Waals surface area (Å²) in [4.78, 5) is 10.5. The lowest BCUT2D eigenvalue weighted by Crippen LogP contribution is -2.29. The summed E-state index contributed by atoms with van der Waals surface area (Å²) in [6.45, 7) is -0.0388. The first kappa shape index (κ1) is 7.08. The number of rotatable bonds is 2. The molecule has 4 heteroatoms. The van der Waals surface area contributed by atoms with Gasteiger partial charge < -0.3 is 15.5 Å². The normalized spacial score (nSPS) is 24.3. The Balaban J connectivity index is 2.51. The van der Waals surface area contributed by atoms with Crippen LogP contribution in [0, 0.1) is 0 Å². The van der Waals surface area contributed by atoms with E-state index in [9.17, 15) is 4.79 Å². The summed E-state index contributed by atoms with van der Waals surface area (Å²) in [6.07, 6.45) is 1.49. The fraction of sp³-hybridized carbons (Fsp3) is 0.500. The van der Waals surface area contributed by atoms with Crippen LogP contribution in [0.15, 0.2) is 11.8 Å². The Labute approximate surface area is 58.2 Å². The van der Waals surface area contributed by atoms with E-state index < -0.39 is 0 Å². The molecule has 4 nitrogen and oxygen atoms in total. The number of hydrogen-bond donors (Lipinski definition) is 3. The fourth-order valence-corrected chi connectivity index (χ4v) is 0.871. The first-order chi connectivity index (χ1) is 4.74. The summed E-state index contributed by atoms with van der Waals surface area (Å²) in [6, 6.07) is -0.377. The summed E-state index contributed by atoms with van der Waals surface area (Å²) in [5, 5.41) is 19.9. The van der Waals surface area contributed by atoms with Crippen LogP contribution in [0.25, 0.3) is 0 Å². The van der Waals surface area contributed by atoms with E-state index >= 15 is 0 Å². The molecule has 0 saturated heterocycles. The maximum atomic E-state index is 10.5. The van der Waals surface area contributed by atoms with Crippen molar-refractivity contribution in [3.63, 3.8) is 0 Å². The molecule has 0 spiro atoms. The molecule has 0 aromatic rings. The van der Waals surface area contributed by atoms with E-state index in [1.807, 2.05) is 0 Å². The molecule has 1 unspecified atom stereocenters. The second kappa shape index (κ2) is 2.70. The van der Waals surface area contributed by atoms with Crippen molar-refractivity contribution in [3.05, 3.63) is 11.8 Å². The zero-order valence-electron chi connectivity index (χ0n) is 5.37. The molecule has 1 atom stereocenters. The predicted octanol–water partition coefficient (Wildman–Crippen LogP) is -0.691. The van der Waals surface area contributed by atoms with Crippen LogP contribution in [0.3, 0.4) is 0 Å². The van der Waals surface area contributed by atoms with Crippen molar-refractivity contribution < 1.29 is 15.0 Å². The number of aliphatic hydroxyl groups is 2. The minimum atomic E-state index is -0.377. The van der Waals surface area contributed by atoms with Crippen LogP contribution in [-0.4, -0.2) is 28.8 Å². The molecule has 0 radical (unpaired) electrons. The molecule has 56 valence electrons. The molecule has 1 aliphatic heterocycles. The fourth-order valence-electron chi connectivity index (χ4n) is 0.871. The van der Waals surface area contributed by atoms with E-state index in [1.54, 1.807) is 0 Å². The van der Waals surface area contributed by atoms with Crippen LogP contribution in [0.1, 0.15) is 6.42 Å². The number of hydrogen-bond acceptors (Lipinski definition) is 3. The third-order valence-corrected chi connectivity index (χ3v) is 1.37. The van der Waals surface area contributed by atoms with Gasteiger partial charge in [-0.1, -0.05) is 0 Å². The van der Waals surface area contributed by atoms with Crippen molar-refractivity contribution in [1.29, 1.82) is 0 Å². The van der Waals surface area contributed by atoms with Gasteiger partial charge in [-0.3, -0.25) is 4.79 Å². The quantitative estimate of drug-likeness (QED) is 0.479. The molecule has 10 heavy (non-hydrogen) atoms. The van der Waals surface area contributed by atoms with Crippen LogP contribution in [0.4, 0.5) is 0 Å². The maximum Gasteiger partial charge on any atom is 0.248 e. The minimum absolute atomic E-state index is 0.0130. The number of nitrogens with one attached hydrogen (secondary N) is 1. The van der Waals surface area contributed by atoms with Crippen LogP contribution < -0.4 is 5.32 Å². The largest absolute Gasteiger partial charge is 0.510 e. The molecule has 0 aromatic carbocycles.